The molecule has 5 nitrogen and oxygen atoms in total. The van der Waals surface area contributed by atoms with Crippen LogP contribution in [0.1, 0.15) is 30.1 Å². The first-order chi connectivity index (χ1) is 9.90. The van der Waals surface area contributed by atoms with E-state index in [0.29, 0.717) is 20.8 Å². The third-order valence-electron chi connectivity index (χ3n) is 3.61. The fourth-order valence-electron chi connectivity index (χ4n) is 2.43. The van der Waals surface area contributed by atoms with Gasteiger partial charge in [0.25, 0.3) is 5.91 Å². The minimum atomic E-state index is -0.830. The number of nitrogens with zero attached hydrogens (tertiary/aromatic N) is 1. The van der Waals surface area contributed by atoms with Gasteiger partial charge in [-0.05, 0) is 25.5 Å². The predicted octanol–water partition coefficient (Wildman–Crippen LogP) is 2.72. The third-order valence-corrected chi connectivity index (χ3v) is 5.10. The standard InChI is InChI=1S/C13H16Cl2N2O3S/c1-2-17(6-11(18)19)8-3-7(4-8)16-13(20)9-5-10(14)21-12(9)15/h5,7-8H,2-4,6H2,1H3,(H,16,20)(H,18,19). The van der Waals surface area contributed by atoms with Crippen molar-refractivity contribution in [3.8, 4) is 0 Å². The van der Waals surface area contributed by atoms with Crippen molar-refractivity contribution in [2.45, 2.75) is 31.8 Å². The second kappa shape index (κ2) is 6.96. The molecule has 1 amide bonds. The van der Waals surface area contributed by atoms with Gasteiger partial charge in [-0.3, -0.25) is 14.5 Å². The van der Waals surface area contributed by atoms with Crippen LogP contribution in [0.2, 0.25) is 8.67 Å². The average molecular weight is 351 g/mol. The molecule has 1 aliphatic carbocycles. The maximum absolute atomic E-state index is 12.1. The van der Waals surface area contributed by atoms with Crippen molar-refractivity contribution in [2.75, 3.05) is 13.1 Å². The number of halogens is 2. The Kier molecular flexibility index (Phi) is 5.48. The molecule has 1 heterocycles. The number of aliphatic carboxylic acids is 1. The van der Waals surface area contributed by atoms with E-state index >= 15 is 0 Å². The molecular formula is C13H16Cl2N2O3S. The highest BCUT2D eigenvalue weighted by molar-refractivity contribution is 7.20. The van der Waals surface area contributed by atoms with E-state index in [1.807, 2.05) is 11.8 Å². The van der Waals surface area contributed by atoms with Crippen molar-refractivity contribution in [1.29, 1.82) is 0 Å². The van der Waals surface area contributed by atoms with Crippen LogP contribution in [0, 0.1) is 0 Å². The Bertz CT molecular complexity index is 544. The number of nitrogens with one attached hydrogen (secondary N) is 1. The molecule has 1 aliphatic rings. The molecule has 0 aliphatic heterocycles. The second-order valence-electron chi connectivity index (χ2n) is 4.99. The normalized spacial score (nSPS) is 21.1. The van der Waals surface area contributed by atoms with Crippen LogP contribution in [-0.2, 0) is 4.79 Å². The van der Waals surface area contributed by atoms with E-state index in [2.05, 4.69) is 5.32 Å². The first-order valence-corrected chi connectivity index (χ1v) is 8.19. The van der Waals surface area contributed by atoms with Gasteiger partial charge in [-0.1, -0.05) is 30.1 Å². The molecule has 0 atom stereocenters. The topological polar surface area (TPSA) is 69.6 Å². The highest BCUT2D eigenvalue weighted by Crippen LogP contribution is 2.32. The average Bonchev–Trinajstić information content (AvgIpc) is 2.69. The Morgan fingerprint density at radius 1 is 1.48 bits per heavy atom. The van der Waals surface area contributed by atoms with Crippen LogP contribution in [-0.4, -0.2) is 47.1 Å². The molecule has 21 heavy (non-hydrogen) atoms. The van der Waals surface area contributed by atoms with Crippen LogP contribution in [0.5, 0.6) is 0 Å². The van der Waals surface area contributed by atoms with Crippen molar-refractivity contribution in [1.82, 2.24) is 10.2 Å². The lowest BCUT2D eigenvalue weighted by Gasteiger charge is -2.42. The van der Waals surface area contributed by atoms with Gasteiger partial charge in [0.05, 0.1) is 16.4 Å². The van der Waals surface area contributed by atoms with Crippen molar-refractivity contribution in [3.63, 3.8) is 0 Å². The molecule has 0 radical (unpaired) electrons. The van der Waals surface area contributed by atoms with Gasteiger partial charge in [0, 0.05) is 12.1 Å². The van der Waals surface area contributed by atoms with Crippen LogP contribution >= 0.6 is 34.5 Å². The van der Waals surface area contributed by atoms with Crippen LogP contribution in [0.15, 0.2) is 6.07 Å². The van der Waals surface area contributed by atoms with E-state index in [1.54, 1.807) is 6.07 Å². The van der Waals surface area contributed by atoms with Gasteiger partial charge in [-0.2, -0.15) is 0 Å². The third kappa shape index (κ3) is 4.10. The van der Waals surface area contributed by atoms with Crippen molar-refractivity contribution < 1.29 is 14.7 Å². The number of thiophene rings is 1. The van der Waals surface area contributed by atoms with Gasteiger partial charge < -0.3 is 10.4 Å². The van der Waals surface area contributed by atoms with E-state index in [4.69, 9.17) is 28.3 Å². The summed E-state index contributed by atoms with van der Waals surface area (Å²) in [5, 5.41) is 11.7. The lowest BCUT2D eigenvalue weighted by atomic mass is 9.85. The smallest absolute Gasteiger partial charge is 0.317 e. The summed E-state index contributed by atoms with van der Waals surface area (Å²) >= 11 is 12.9. The molecule has 0 unspecified atom stereocenters. The number of amides is 1. The Morgan fingerprint density at radius 2 is 2.14 bits per heavy atom. The summed E-state index contributed by atoms with van der Waals surface area (Å²) in [6.45, 7) is 2.65. The van der Waals surface area contributed by atoms with E-state index in [0.717, 1.165) is 24.2 Å². The lowest BCUT2D eigenvalue weighted by Crippen LogP contribution is -2.54. The summed E-state index contributed by atoms with van der Waals surface area (Å²) in [6, 6.07) is 1.82. The zero-order valence-electron chi connectivity index (χ0n) is 11.4. The van der Waals surface area contributed by atoms with Gasteiger partial charge in [-0.15, -0.1) is 11.3 Å². The number of carboxylic acid groups (broad SMARTS) is 1. The monoisotopic (exact) mass is 350 g/mol. The van der Waals surface area contributed by atoms with Gasteiger partial charge in [0.1, 0.15) is 4.34 Å². The molecule has 0 spiro atoms. The summed E-state index contributed by atoms with van der Waals surface area (Å²) in [4.78, 5) is 24.7. The number of carbonyl (C=O) groups excluding carboxylic acids is 1. The van der Waals surface area contributed by atoms with Gasteiger partial charge in [0.15, 0.2) is 0 Å². The SMILES string of the molecule is CCN(CC(=O)O)C1CC(NC(=O)c2cc(Cl)sc2Cl)C1. The molecule has 2 N–H and O–H groups in total. The van der Waals surface area contributed by atoms with Crippen LogP contribution in [0.25, 0.3) is 0 Å². The van der Waals surface area contributed by atoms with Crippen LogP contribution in [0.4, 0.5) is 0 Å². The number of carboxylic acids is 1. The first-order valence-electron chi connectivity index (χ1n) is 6.62. The van der Waals surface area contributed by atoms with E-state index in [-0.39, 0.29) is 24.5 Å². The molecule has 2 rings (SSSR count). The molecular weight excluding hydrogens is 335 g/mol. The highest BCUT2D eigenvalue weighted by atomic mass is 35.5. The second-order valence-corrected chi connectivity index (χ2v) is 7.28. The molecule has 1 aromatic rings. The molecule has 8 heteroatoms. The van der Waals surface area contributed by atoms with Crippen molar-refractivity contribution in [2.24, 2.45) is 0 Å². The Labute approximate surface area is 136 Å². The number of hydrogen-bond donors (Lipinski definition) is 2. The minimum Gasteiger partial charge on any atom is -0.480 e. The van der Waals surface area contributed by atoms with Crippen molar-refractivity contribution >= 4 is 46.4 Å². The fourth-order valence-corrected chi connectivity index (χ4v) is 3.89. The fraction of sp³-hybridized carbons (Fsp3) is 0.538. The summed E-state index contributed by atoms with van der Waals surface area (Å²) in [5.41, 5.74) is 0.396. The largest absolute Gasteiger partial charge is 0.480 e. The Morgan fingerprint density at radius 3 is 2.62 bits per heavy atom. The van der Waals surface area contributed by atoms with Gasteiger partial charge >= 0.3 is 5.97 Å². The minimum absolute atomic E-state index is 0.0355. The molecule has 1 fully saturated rings. The van der Waals surface area contributed by atoms with E-state index in [9.17, 15) is 9.59 Å². The molecule has 0 aromatic carbocycles. The van der Waals surface area contributed by atoms with E-state index < -0.39 is 5.97 Å². The summed E-state index contributed by atoms with van der Waals surface area (Å²) in [5.74, 6) is -1.06. The van der Waals surface area contributed by atoms with Crippen LogP contribution in [0.3, 0.4) is 0 Å². The molecule has 1 saturated carbocycles. The zero-order valence-corrected chi connectivity index (χ0v) is 13.8. The molecule has 0 saturated heterocycles. The highest BCUT2D eigenvalue weighted by Gasteiger charge is 2.35. The Hall–Kier alpha value is -0.820. The van der Waals surface area contributed by atoms with Gasteiger partial charge in [0.2, 0.25) is 0 Å². The summed E-state index contributed by atoms with van der Waals surface area (Å²) < 4.78 is 0.865. The maximum Gasteiger partial charge on any atom is 0.317 e. The predicted molar refractivity (Wildman–Crippen MR) is 83.5 cm³/mol. The molecule has 116 valence electrons. The summed E-state index contributed by atoms with van der Waals surface area (Å²) in [7, 11) is 0. The zero-order chi connectivity index (χ0) is 15.6. The van der Waals surface area contributed by atoms with Gasteiger partial charge in [-0.25, -0.2) is 0 Å². The molecule has 1 aromatic heterocycles. The molecule has 0 bridgehead atoms. The van der Waals surface area contributed by atoms with E-state index in [1.165, 1.54) is 0 Å². The first kappa shape index (κ1) is 16.5. The Balaban J connectivity index is 1.83. The number of hydrogen-bond acceptors (Lipinski definition) is 4. The lowest BCUT2D eigenvalue weighted by molar-refractivity contribution is -0.139. The maximum atomic E-state index is 12.1. The van der Waals surface area contributed by atoms with Crippen molar-refractivity contribution in [3.05, 3.63) is 20.3 Å². The quantitative estimate of drug-likeness (QED) is 0.827. The summed E-state index contributed by atoms with van der Waals surface area (Å²) in [6.07, 6.45) is 1.50. The van der Waals surface area contributed by atoms with Crippen LogP contribution < -0.4 is 5.32 Å². The number of carbonyl (C=O) groups is 2. The number of likely N-dealkylation sites (N-methyl/N-ethyl adjacent to an activating group) is 1. The number of rotatable bonds is 6.